The van der Waals surface area contributed by atoms with Gasteiger partial charge in [0.05, 0.1) is 12.1 Å². The largest absolute Gasteiger partial charge is 0.327 e. The number of hydrogen-bond donors (Lipinski definition) is 1. The monoisotopic (exact) mass is 548 g/mol. The molecule has 0 saturated carbocycles. The first kappa shape index (κ1) is 28.0. The molecule has 12 heteroatoms. The minimum Gasteiger partial charge on any atom is -0.327 e. The van der Waals surface area contributed by atoms with Crippen LogP contribution in [-0.4, -0.2) is 18.8 Å². The van der Waals surface area contributed by atoms with E-state index in [2.05, 4.69) is 0 Å². The molecule has 3 aromatic carbocycles. The molecule has 0 aromatic heterocycles. The summed E-state index contributed by atoms with van der Waals surface area (Å²) in [6, 6.07) is 5.26. The highest BCUT2D eigenvalue weighted by Gasteiger charge is 2.35. The third-order valence-corrected chi connectivity index (χ3v) is 7.32. The lowest BCUT2D eigenvalue weighted by Crippen LogP contribution is -3.19. The van der Waals surface area contributed by atoms with Crippen LogP contribution in [0.4, 0.5) is 43.9 Å². The third kappa shape index (κ3) is 4.56. The fourth-order valence-corrected chi connectivity index (χ4v) is 5.16. The standard InChI is InChI=1S/C26H20BF10N/c1-26(2)9-5-6-10-38(26)11-12-7-3-4-8-13(12)27(14-16(28)20(32)24(36)21(33)17(14)29)15-18(30)22(34)25(37)23(35)19(15)31/h3-4,7-8H,5-6,9-11H2,1-2H3/q-1/p+1. The lowest BCUT2D eigenvalue weighted by molar-refractivity contribution is -0.967. The minimum atomic E-state index is -2.56. The summed E-state index contributed by atoms with van der Waals surface area (Å²) in [5.41, 5.74) is -3.96. The van der Waals surface area contributed by atoms with Gasteiger partial charge >= 0.3 is 0 Å². The van der Waals surface area contributed by atoms with Gasteiger partial charge in [-0.2, -0.15) is 10.9 Å². The van der Waals surface area contributed by atoms with E-state index >= 15 is 17.6 Å². The molecule has 1 fully saturated rings. The van der Waals surface area contributed by atoms with Crippen molar-refractivity contribution in [1.29, 1.82) is 0 Å². The molecule has 1 aliphatic heterocycles. The molecular weight excluding hydrogens is 527 g/mol. The maximum Gasteiger partial charge on any atom is 0.200 e. The summed E-state index contributed by atoms with van der Waals surface area (Å²) in [7, 11) is 0. The number of quaternary nitrogens is 1. The molecule has 203 valence electrons. The fraction of sp³-hybridized carbons (Fsp3) is 0.308. The summed E-state index contributed by atoms with van der Waals surface area (Å²) in [6.45, 7) is 2.07. The van der Waals surface area contributed by atoms with E-state index in [0.29, 0.717) is 6.54 Å². The van der Waals surface area contributed by atoms with Gasteiger partial charge < -0.3 is 4.90 Å². The van der Waals surface area contributed by atoms with Crippen LogP contribution in [0, 0.1) is 58.2 Å². The topological polar surface area (TPSA) is 4.44 Å². The number of likely N-dealkylation sites (tertiary alicyclic amines) is 1. The Kier molecular flexibility index (Phi) is 7.57. The van der Waals surface area contributed by atoms with Crippen molar-refractivity contribution in [3.8, 4) is 0 Å². The van der Waals surface area contributed by atoms with E-state index in [1.165, 1.54) is 18.2 Å². The third-order valence-electron chi connectivity index (χ3n) is 7.32. The van der Waals surface area contributed by atoms with Crippen molar-refractivity contribution in [3.63, 3.8) is 0 Å². The van der Waals surface area contributed by atoms with Crippen LogP contribution >= 0.6 is 0 Å². The predicted molar refractivity (Wildman–Crippen MR) is 121 cm³/mol. The van der Waals surface area contributed by atoms with Crippen LogP contribution in [0.2, 0.25) is 0 Å². The minimum absolute atomic E-state index is 0.0878. The fourth-order valence-electron chi connectivity index (χ4n) is 5.16. The molecule has 0 amide bonds. The van der Waals surface area contributed by atoms with E-state index in [9.17, 15) is 26.3 Å². The number of benzene rings is 3. The lowest BCUT2D eigenvalue weighted by Gasteiger charge is -2.41. The van der Waals surface area contributed by atoms with Crippen molar-refractivity contribution >= 4 is 23.1 Å². The normalized spacial score (nSPS) is 17.3. The van der Waals surface area contributed by atoms with Crippen molar-refractivity contribution in [2.24, 2.45) is 0 Å². The van der Waals surface area contributed by atoms with E-state index in [-0.39, 0.29) is 23.1 Å². The summed E-state index contributed by atoms with van der Waals surface area (Å²) in [5.74, 6) is -24.6. The second kappa shape index (κ2) is 10.3. The Balaban J connectivity index is 2.07. The molecule has 1 radical (unpaired) electrons. The molecule has 0 bridgehead atoms. The summed E-state index contributed by atoms with van der Waals surface area (Å²) in [4.78, 5) is 0.949. The van der Waals surface area contributed by atoms with Gasteiger partial charge in [-0.1, -0.05) is 24.3 Å². The van der Waals surface area contributed by atoms with E-state index in [1.54, 1.807) is 0 Å². The Morgan fingerprint density at radius 2 is 1.05 bits per heavy atom. The number of hydrogen-bond acceptors (Lipinski definition) is 0. The van der Waals surface area contributed by atoms with Crippen molar-refractivity contribution in [2.45, 2.75) is 45.2 Å². The summed E-state index contributed by atoms with van der Waals surface area (Å²) in [6.07, 6.45) is 2.54. The van der Waals surface area contributed by atoms with Gasteiger partial charge in [-0.3, -0.25) is 0 Å². The van der Waals surface area contributed by atoms with Gasteiger partial charge in [-0.05, 0) is 39.0 Å². The van der Waals surface area contributed by atoms with Crippen LogP contribution in [0.1, 0.15) is 38.7 Å². The first-order chi connectivity index (χ1) is 17.8. The van der Waals surface area contributed by atoms with Crippen LogP contribution in [0.15, 0.2) is 24.3 Å². The van der Waals surface area contributed by atoms with Crippen molar-refractivity contribution in [2.75, 3.05) is 6.54 Å². The molecule has 1 saturated heterocycles. The Morgan fingerprint density at radius 3 is 1.50 bits per heavy atom. The maximum atomic E-state index is 15.0. The van der Waals surface area contributed by atoms with Crippen molar-refractivity contribution in [1.82, 2.24) is 0 Å². The Morgan fingerprint density at radius 1 is 0.632 bits per heavy atom. The molecule has 1 N–H and O–H groups in total. The maximum absolute atomic E-state index is 15.0. The molecule has 4 rings (SSSR count). The highest BCUT2D eigenvalue weighted by molar-refractivity contribution is 6.96. The Labute approximate surface area is 212 Å². The zero-order chi connectivity index (χ0) is 28.1. The summed E-state index contributed by atoms with van der Waals surface area (Å²) >= 11 is 0. The average Bonchev–Trinajstić information content (AvgIpc) is 2.89. The van der Waals surface area contributed by atoms with E-state index in [0.717, 1.165) is 30.2 Å². The van der Waals surface area contributed by atoms with Gasteiger partial charge in [0, 0.05) is 6.42 Å². The lowest BCUT2D eigenvalue weighted by atomic mass is 9.35. The number of piperidine rings is 1. The first-order valence-corrected chi connectivity index (χ1v) is 11.7. The van der Waals surface area contributed by atoms with E-state index in [1.807, 2.05) is 13.8 Å². The van der Waals surface area contributed by atoms with Gasteiger partial charge in [-0.25, -0.2) is 49.4 Å². The molecule has 1 atom stereocenters. The van der Waals surface area contributed by atoms with Crippen LogP contribution < -0.4 is 21.3 Å². The van der Waals surface area contributed by atoms with Gasteiger partial charge in [0.2, 0.25) is 0 Å². The SMILES string of the molecule is CC1(C)CCCC[NH+]1Cc1ccccc1[B-](c1c(F)c(F)c(F)c(F)c1F)c1c(F)c(F)c(F)c(F)c1F. The zero-order valence-corrected chi connectivity index (χ0v) is 20.2. The van der Waals surface area contributed by atoms with Crippen LogP contribution in [0.3, 0.4) is 0 Å². The quantitative estimate of drug-likeness (QED) is 0.214. The van der Waals surface area contributed by atoms with Gasteiger partial charge in [-0.15, -0.1) is 0 Å². The second-order valence-electron chi connectivity index (χ2n) is 9.97. The van der Waals surface area contributed by atoms with Crippen molar-refractivity contribution < 1.29 is 48.8 Å². The molecule has 1 unspecified atom stereocenters. The Hall–Kier alpha value is -3.02. The molecule has 1 nitrogen and oxygen atoms in total. The number of halogens is 10. The number of nitrogens with one attached hydrogen (secondary N) is 1. The van der Waals surface area contributed by atoms with Crippen LogP contribution in [0.25, 0.3) is 0 Å². The summed E-state index contributed by atoms with van der Waals surface area (Å²) < 4.78 is 145. The summed E-state index contributed by atoms with van der Waals surface area (Å²) in [5, 5.41) is 0. The van der Waals surface area contributed by atoms with Gasteiger partial charge in [0.25, 0.3) is 0 Å². The van der Waals surface area contributed by atoms with E-state index in [4.69, 9.17) is 0 Å². The zero-order valence-electron chi connectivity index (χ0n) is 20.2. The second-order valence-corrected chi connectivity index (χ2v) is 9.97. The number of rotatable bonds is 5. The average molecular weight is 548 g/mol. The first-order valence-electron chi connectivity index (χ1n) is 11.7. The molecule has 0 aliphatic carbocycles. The Bertz CT molecular complexity index is 1280. The molecule has 3 aromatic rings. The molecule has 38 heavy (non-hydrogen) atoms. The van der Waals surface area contributed by atoms with Crippen LogP contribution in [0.5, 0.6) is 0 Å². The van der Waals surface area contributed by atoms with Gasteiger partial charge in [0.15, 0.2) is 34.9 Å². The predicted octanol–water partition coefficient (Wildman–Crippen LogP) is 3.94. The highest BCUT2D eigenvalue weighted by atomic mass is 19.2. The molecular formula is C26H21BF10N. The molecule has 0 spiro atoms. The van der Waals surface area contributed by atoms with Crippen LogP contribution in [-0.2, 0) is 6.54 Å². The molecule has 1 aliphatic rings. The smallest absolute Gasteiger partial charge is 0.200 e. The van der Waals surface area contributed by atoms with Gasteiger partial charge in [0.1, 0.15) is 29.8 Å². The van der Waals surface area contributed by atoms with Crippen molar-refractivity contribution in [3.05, 3.63) is 88.0 Å². The van der Waals surface area contributed by atoms with E-state index < -0.39 is 75.8 Å². The molecule has 1 heterocycles. The highest BCUT2D eigenvalue weighted by Crippen LogP contribution is 2.21.